The lowest BCUT2D eigenvalue weighted by atomic mass is 10.0. The topological polar surface area (TPSA) is 32.7 Å². The summed E-state index contributed by atoms with van der Waals surface area (Å²) in [5.74, 6) is 0.673. The van der Waals surface area contributed by atoms with Crippen molar-refractivity contribution < 1.29 is 14.2 Å². The highest BCUT2D eigenvalue weighted by Gasteiger charge is 2.17. The van der Waals surface area contributed by atoms with Crippen molar-refractivity contribution in [1.82, 2.24) is 0 Å². The van der Waals surface area contributed by atoms with Crippen LogP contribution in [-0.2, 0) is 0 Å². The standard InChI is InChI=1S/C14H18FNO2/c1-10-8-14(17)18-13-9-11(4-5-12(10)13)16(2)7-3-6-15/h4-5,8-9,14,17H,3,6-7H2,1-2H3. The van der Waals surface area contributed by atoms with E-state index in [1.807, 2.05) is 37.1 Å². The number of alkyl halides is 1. The zero-order valence-corrected chi connectivity index (χ0v) is 10.7. The van der Waals surface area contributed by atoms with Gasteiger partial charge in [-0.05, 0) is 37.1 Å². The van der Waals surface area contributed by atoms with E-state index in [-0.39, 0.29) is 6.67 Å². The van der Waals surface area contributed by atoms with Crippen molar-refractivity contribution in [3.8, 4) is 5.75 Å². The van der Waals surface area contributed by atoms with Gasteiger partial charge >= 0.3 is 0 Å². The first-order valence-electron chi connectivity index (χ1n) is 6.06. The van der Waals surface area contributed by atoms with Crippen molar-refractivity contribution in [3.05, 3.63) is 29.8 Å². The minimum atomic E-state index is -0.885. The molecule has 0 spiro atoms. The quantitative estimate of drug-likeness (QED) is 0.892. The number of ether oxygens (including phenoxy) is 1. The first kappa shape index (κ1) is 12.9. The third-order valence-corrected chi connectivity index (χ3v) is 3.10. The largest absolute Gasteiger partial charge is 0.461 e. The van der Waals surface area contributed by atoms with Crippen molar-refractivity contribution in [2.24, 2.45) is 0 Å². The molecule has 0 aromatic heterocycles. The number of rotatable bonds is 4. The van der Waals surface area contributed by atoms with Gasteiger partial charge in [0.2, 0.25) is 6.29 Å². The van der Waals surface area contributed by atoms with E-state index in [1.165, 1.54) is 0 Å². The number of fused-ring (bicyclic) bond motifs is 1. The summed E-state index contributed by atoms with van der Waals surface area (Å²) in [6.07, 6.45) is 1.30. The minimum Gasteiger partial charge on any atom is -0.461 e. The van der Waals surface area contributed by atoms with E-state index in [0.717, 1.165) is 16.8 Å². The Morgan fingerprint density at radius 1 is 1.44 bits per heavy atom. The van der Waals surface area contributed by atoms with Crippen molar-refractivity contribution in [3.63, 3.8) is 0 Å². The lowest BCUT2D eigenvalue weighted by Gasteiger charge is -2.24. The van der Waals surface area contributed by atoms with Gasteiger partial charge < -0.3 is 14.7 Å². The number of allylic oxidation sites excluding steroid dienone is 1. The van der Waals surface area contributed by atoms with Gasteiger partial charge in [-0.1, -0.05) is 0 Å². The molecule has 1 aromatic rings. The summed E-state index contributed by atoms with van der Waals surface area (Å²) in [6.45, 7) is 2.29. The van der Waals surface area contributed by atoms with Gasteiger partial charge in [0.25, 0.3) is 0 Å². The zero-order chi connectivity index (χ0) is 13.1. The first-order valence-corrected chi connectivity index (χ1v) is 6.06. The first-order chi connectivity index (χ1) is 8.61. The molecule has 0 radical (unpaired) electrons. The van der Waals surface area contributed by atoms with Crippen LogP contribution in [0.25, 0.3) is 5.57 Å². The highest BCUT2D eigenvalue weighted by Crippen LogP contribution is 2.34. The van der Waals surface area contributed by atoms with Crippen molar-refractivity contribution in [2.75, 3.05) is 25.2 Å². The van der Waals surface area contributed by atoms with E-state index in [2.05, 4.69) is 0 Å². The molecule has 1 N–H and O–H groups in total. The van der Waals surface area contributed by atoms with Gasteiger partial charge in [-0.25, -0.2) is 0 Å². The van der Waals surface area contributed by atoms with Crippen molar-refractivity contribution in [2.45, 2.75) is 19.6 Å². The molecule has 3 nitrogen and oxygen atoms in total. The minimum absolute atomic E-state index is 0.313. The average molecular weight is 251 g/mol. The Labute approximate surface area is 106 Å². The van der Waals surface area contributed by atoms with Gasteiger partial charge in [0.15, 0.2) is 0 Å². The molecule has 1 aliphatic rings. The normalized spacial score (nSPS) is 17.8. The molecule has 0 saturated carbocycles. The van der Waals surface area contributed by atoms with E-state index in [9.17, 15) is 9.50 Å². The van der Waals surface area contributed by atoms with E-state index >= 15 is 0 Å². The van der Waals surface area contributed by atoms with Crippen LogP contribution in [0.5, 0.6) is 5.75 Å². The zero-order valence-electron chi connectivity index (χ0n) is 10.7. The van der Waals surface area contributed by atoms with Gasteiger partial charge in [0.05, 0.1) is 6.67 Å². The second-order valence-electron chi connectivity index (χ2n) is 4.50. The average Bonchev–Trinajstić information content (AvgIpc) is 2.34. The SMILES string of the molecule is CC1=CC(O)Oc2cc(N(C)CCCF)ccc21. The van der Waals surface area contributed by atoms with Crippen LogP contribution < -0.4 is 9.64 Å². The van der Waals surface area contributed by atoms with E-state index in [0.29, 0.717) is 18.7 Å². The lowest BCUT2D eigenvalue weighted by Crippen LogP contribution is -2.21. The molecule has 2 rings (SSSR count). The molecule has 0 fully saturated rings. The maximum atomic E-state index is 12.2. The molecule has 0 saturated heterocycles. The Morgan fingerprint density at radius 2 is 2.22 bits per heavy atom. The van der Waals surface area contributed by atoms with Crippen LogP contribution in [0.2, 0.25) is 0 Å². The lowest BCUT2D eigenvalue weighted by molar-refractivity contribution is 0.0225. The maximum absolute atomic E-state index is 12.2. The number of hydrogen-bond acceptors (Lipinski definition) is 3. The Bertz CT molecular complexity index is 459. The molecule has 1 unspecified atom stereocenters. The van der Waals surface area contributed by atoms with Gasteiger partial charge in [-0.3, -0.25) is 4.39 Å². The monoisotopic (exact) mass is 251 g/mol. The Morgan fingerprint density at radius 3 is 2.94 bits per heavy atom. The van der Waals surface area contributed by atoms with E-state index < -0.39 is 6.29 Å². The fourth-order valence-corrected chi connectivity index (χ4v) is 2.07. The third kappa shape index (κ3) is 2.64. The summed E-state index contributed by atoms with van der Waals surface area (Å²) in [4.78, 5) is 1.98. The summed E-state index contributed by atoms with van der Waals surface area (Å²) >= 11 is 0. The molecule has 0 bridgehead atoms. The molecule has 98 valence electrons. The fraction of sp³-hybridized carbons (Fsp3) is 0.429. The summed E-state index contributed by atoms with van der Waals surface area (Å²) < 4.78 is 17.5. The third-order valence-electron chi connectivity index (χ3n) is 3.10. The summed E-state index contributed by atoms with van der Waals surface area (Å²) in [5.41, 5.74) is 2.95. The molecule has 0 aliphatic carbocycles. The van der Waals surface area contributed by atoms with Crippen LogP contribution in [0.15, 0.2) is 24.3 Å². The number of aliphatic hydroxyl groups is 1. The van der Waals surface area contributed by atoms with Gasteiger partial charge in [-0.2, -0.15) is 0 Å². The summed E-state index contributed by atoms with van der Waals surface area (Å²) in [7, 11) is 1.92. The van der Waals surface area contributed by atoms with Crippen LogP contribution in [0.1, 0.15) is 18.9 Å². The highest BCUT2D eigenvalue weighted by atomic mass is 19.1. The summed E-state index contributed by atoms with van der Waals surface area (Å²) in [6, 6.07) is 5.83. The molecule has 1 aliphatic heterocycles. The molecular weight excluding hydrogens is 233 g/mol. The Balaban J connectivity index is 2.22. The number of halogens is 1. The molecular formula is C14H18FNO2. The number of hydrogen-bond donors (Lipinski definition) is 1. The van der Waals surface area contributed by atoms with Gasteiger partial charge in [0, 0.05) is 30.9 Å². The number of nitrogens with zero attached hydrogens (tertiary/aromatic N) is 1. The van der Waals surface area contributed by atoms with Crippen LogP contribution in [0.4, 0.5) is 10.1 Å². The number of benzene rings is 1. The number of anilines is 1. The van der Waals surface area contributed by atoms with Crippen LogP contribution >= 0.6 is 0 Å². The molecule has 0 amide bonds. The predicted octanol–water partition coefficient (Wildman–Crippen LogP) is 2.60. The predicted molar refractivity (Wildman–Crippen MR) is 70.6 cm³/mol. The fourth-order valence-electron chi connectivity index (χ4n) is 2.07. The van der Waals surface area contributed by atoms with E-state index in [4.69, 9.17) is 4.74 Å². The molecule has 18 heavy (non-hydrogen) atoms. The molecule has 1 heterocycles. The second kappa shape index (κ2) is 5.40. The Kier molecular flexibility index (Phi) is 3.87. The highest BCUT2D eigenvalue weighted by molar-refractivity contribution is 5.73. The second-order valence-corrected chi connectivity index (χ2v) is 4.50. The van der Waals surface area contributed by atoms with Gasteiger partial charge in [0.1, 0.15) is 5.75 Å². The van der Waals surface area contributed by atoms with Crippen LogP contribution in [0, 0.1) is 0 Å². The van der Waals surface area contributed by atoms with Crippen LogP contribution in [-0.4, -0.2) is 31.7 Å². The Hall–Kier alpha value is -1.55. The molecule has 1 atom stereocenters. The van der Waals surface area contributed by atoms with Gasteiger partial charge in [-0.15, -0.1) is 0 Å². The van der Waals surface area contributed by atoms with E-state index in [1.54, 1.807) is 6.08 Å². The van der Waals surface area contributed by atoms with Crippen LogP contribution in [0.3, 0.4) is 0 Å². The molecule has 1 aromatic carbocycles. The smallest absolute Gasteiger partial charge is 0.217 e. The van der Waals surface area contributed by atoms with Crippen molar-refractivity contribution in [1.29, 1.82) is 0 Å². The maximum Gasteiger partial charge on any atom is 0.217 e. The number of aliphatic hydroxyl groups excluding tert-OH is 1. The van der Waals surface area contributed by atoms with Crippen molar-refractivity contribution >= 4 is 11.3 Å². The summed E-state index contributed by atoms with van der Waals surface area (Å²) in [5, 5.41) is 9.54. The molecule has 4 heteroatoms.